The molecule has 32 heavy (non-hydrogen) atoms. The fourth-order valence-corrected chi connectivity index (χ4v) is 3.84. The van der Waals surface area contributed by atoms with E-state index < -0.39 is 5.82 Å². The zero-order valence-corrected chi connectivity index (χ0v) is 17.5. The molecular formula is C25H22FN3O3. The van der Waals surface area contributed by atoms with Gasteiger partial charge >= 0.3 is 0 Å². The molecule has 3 aromatic carbocycles. The smallest absolute Gasteiger partial charge is 0.258 e. The van der Waals surface area contributed by atoms with E-state index >= 15 is 0 Å². The van der Waals surface area contributed by atoms with Crippen molar-refractivity contribution < 1.29 is 18.7 Å². The van der Waals surface area contributed by atoms with Gasteiger partial charge < -0.3 is 25.4 Å². The monoisotopic (exact) mass is 431 g/mol. The number of hydrogen-bond donors (Lipinski definition) is 3. The minimum absolute atomic E-state index is 0.161. The molecule has 0 aliphatic carbocycles. The fraction of sp³-hybridized carbons (Fsp3) is 0.160. The summed E-state index contributed by atoms with van der Waals surface area (Å²) in [7, 11) is 0. The third-order valence-electron chi connectivity index (χ3n) is 5.44. The van der Waals surface area contributed by atoms with Crippen molar-refractivity contribution in [3.63, 3.8) is 0 Å². The zero-order chi connectivity index (χ0) is 22.1. The van der Waals surface area contributed by atoms with Crippen LogP contribution in [0.15, 0.2) is 60.7 Å². The van der Waals surface area contributed by atoms with E-state index in [0.717, 1.165) is 29.9 Å². The Morgan fingerprint density at radius 2 is 1.84 bits per heavy atom. The number of ether oxygens (including phenoxy) is 2. The summed E-state index contributed by atoms with van der Waals surface area (Å²) < 4.78 is 24.7. The van der Waals surface area contributed by atoms with Crippen molar-refractivity contribution in [2.24, 2.45) is 0 Å². The molecule has 0 fully saturated rings. The maximum Gasteiger partial charge on any atom is 0.258 e. The quantitative estimate of drug-likeness (QED) is 0.498. The molecule has 0 bridgehead atoms. The van der Waals surface area contributed by atoms with Crippen LogP contribution in [0.4, 0.5) is 15.8 Å². The number of fused-ring (bicyclic) bond motifs is 2. The highest BCUT2D eigenvalue weighted by Gasteiger charge is 2.29. The number of amides is 1. The van der Waals surface area contributed by atoms with Crippen molar-refractivity contribution in [1.82, 2.24) is 5.32 Å². The van der Waals surface area contributed by atoms with Crippen LogP contribution in [0, 0.1) is 5.82 Å². The van der Waals surface area contributed by atoms with Gasteiger partial charge in [0.05, 0.1) is 17.0 Å². The number of benzene rings is 3. The molecule has 162 valence electrons. The van der Waals surface area contributed by atoms with E-state index in [-0.39, 0.29) is 12.7 Å². The number of halogens is 1. The molecule has 2 aliphatic heterocycles. The van der Waals surface area contributed by atoms with Crippen molar-refractivity contribution in [2.45, 2.75) is 13.5 Å². The first kappa shape index (κ1) is 20.1. The lowest BCUT2D eigenvalue weighted by atomic mass is 9.99. The van der Waals surface area contributed by atoms with E-state index in [9.17, 15) is 9.18 Å². The van der Waals surface area contributed by atoms with Gasteiger partial charge in [-0.2, -0.15) is 0 Å². The maximum atomic E-state index is 13.7. The minimum Gasteiger partial charge on any atom is -0.454 e. The lowest BCUT2D eigenvalue weighted by Gasteiger charge is -2.16. The van der Waals surface area contributed by atoms with Crippen LogP contribution in [0.25, 0.3) is 11.3 Å². The van der Waals surface area contributed by atoms with E-state index in [2.05, 4.69) is 22.9 Å². The fourth-order valence-electron chi connectivity index (χ4n) is 3.84. The zero-order valence-electron chi connectivity index (χ0n) is 17.5. The van der Waals surface area contributed by atoms with Gasteiger partial charge in [0, 0.05) is 23.4 Å². The summed E-state index contributed by atoms with van der Waals surface area (Å²) in [6.07, 6.45) is 0. The molecule has 0 aromatic heterocycles. The molecule has 5 rings (SSSR count). The van der Waals surface area contributed by atoms with Crippen LogP contribution in [0.2, 0.25) is 0 Å². The molecule has 0 spiro atoms. The Labute approximate surface area is 185 Å². The van der Waals surface area contributed by atoms with Crippen molar-refractivity contribution in [3.8, 4) is 11.5 Å². The first-order valence-corrected chi connectivity index (χ1v) is 10.4. The minimum atomic E-state index is -0.404. The van der Waals surface area contributed by atoms with Crippen LogP contribution in [-0.2, 0) is 11.3 Å². The van der Waals surface area contributed by atoms with Crippen LogP contribution in [0.3, 0.4) is 0 Å². The normalized spacial score (nSPS) is 15.4. The van der Waals surface area contributed by atoms with Crippen LogP contribution < -0.4 is 25.4 Å². The van der Waals surface area contributed by atoms with Crippen molar-refractivity contribution in [1.29, 1.82) is 0 Å². The SMILES string of the molecule is CCNCc1ccc(N/C(=C2\C(=O)Nc3cc(F)ccc32)c2ccc3c(c2)OCO3)cc1. The van der Waals surface area contributed by atoms with Crippen LogP contribution in [-0.4, -0.2) is 19.2 Å². The van der Waals surface area contributed by atoms with Gasteiger partial charge in [0.2, 0.25) is 6.79 Å². The lowest BCUT2D eigenvalue weighted by molar-refractivity contribution is -0.110. The molecule has 2 heterocycles. The van der Waals surface area contributed by atoms with Gasteiger partial charge in [-0.1, -0.05) is 19.1 Å². The molecule has 7 heteroatoms. The standard InChI is InChI=1S/C25H22FN3O3/c1-2-27-13-15-3-7-18(8-4-15)28-24(16-5-10-21-22(11-16)32-14-31-21)23-19-9-6-17(26)12-20(19)29-25(23)30/h3-12,27-28H,2,13-14H2,1H3,(H,29,30)/b24-23-. The summed E-state index contributed by atoms with van der Waals surface area (Å²) in [5.74, 6) is 0.569. The van der Waals surface area contributed by atoms with Gasteiger partial charge in [-0.25, -0.2) is 4.39 Å². The van der Waals surface area contributed by atoms with Gasteiger partial charge in [-0.15, -0.1) is 0 Å². The maximum absolute atomic E-state index is 13.7. The Morgan fingerprint density at radius 3 is 2.66 bits per heavy atom. The largest absolute Gasteiger partial charge is 0.454 e. The van der Waals surface area contributed by atoms with E-state index in [1.807, 2.05) is 42.5 Å². The number of rotatable bonds is 6. The van der Waals surface area contributed by atoms with Crippen molar-refractivity contribution in [3.05, 3.63) is 83.2 Å². The molecular weight excluding hydrogens is 409 g/mol. The summed E-state index contributed by atoms with van der Waals surface area (Å²) in [4.78, 5) is 13.0. The Balaban J connectivity index is 1.59. The predicted octanol–water partition coefficient (Wildman–Crippen LogP) is 4.60. The first-order valence-electron chi connectivity index (χ1n) is 10.4. The molecule has 0 saturated carbocycles. The third kappa shape index (κ3) is 3.78. The highest BCUT2D eigenvalue weighted by atomic mass is 19.1. The average molecular weight is 431 g/mol. The first-order chi connectivity index (χ1) is 15.6. The molecule has 0 unspecified atom stereocenters. The average Bonchev–Trinajstić information content (AvgIpc) is 3.39. The third-order valence-corrected chi connectivity index (χ3v) is 5.44. The number of nitrogens with one attached hydrogen (secondary N) is 3. The topological polar surface area (TPSA) is 71.6 Å². The van der Waals surface area contributed by atoms with Gasteiger partial charge in [-0.05, 0) is 60.6 Å². The Bertz CT molecular complexity index is 1220. The highest BCUT2D eigenvalue weighted by molar-refractivity contribution is 6.37. The summed E-state index contributed by atoms with van der Waals surface area (Å²) in [5.41, 5.74) is 4.88. The summed E-state index contributed by atoms with van der Waals surface area (Å²) in [6, 6.07) is 17.8. The molecule has 0 atom stereocenters. The Morgan fingerprint density at radius 1 is 1.03 bits per heavy atom. The molecule has 3 aromatic rings. The Hall–Kier alpha value is -3.84. The highest BCUT2D eigenvalue weighted by Crippen LogP contribution is 2.40. The molecule has 3 N–H and O–H groups in total. The van der Waals surface area contributed by atoms with Gasteiger partial charge in [0.1, 0.15) is 5.82 Å². The van der Waals surface area contributed by atoms with Gasteiger partial charge in [-0.3, -0.25) is 4.79 Å². The van der Waals surface area contributed by atoms with Crippen LogP contribution in [0.5, 0.6) is 11.5 Å². The molecule has 0 radical (unpaired) electrons. The molecule has 6 nitrogen and oxygen atoms in total. The van der Waals surface area contributed by atoms with Crippen molar-refractivity contribution in [2.75, 3.05) is 24.0 Å². The summed E-state index contributed by atoms with van der Waals surface area (Å²) >= 11 is 0. The molecule has 1 amide bonds. The lowest BCUT2D eigenvalue weighted by Crippen LogP contribution is -2.12. The van der Waals surface area contributed by atoms with E-state index in [1.165, 1.54) is 12.1 Å². The summed E-state index contributed by atoms with van der Waals surface area (Å²) in [5, 5.41) is 9.48. The van der Waals surface area contributed by atoms with Crippen LogP contribution >= 0.6 is 0 Å². The van der Waals surface area contributed by atoms with Crippen LogP contribution in [0.1, 0.15) is 23.6 Å². The van der Waals surface area contributed by atoms with Crippen molar-refractivity contribution >= 4 is 28.6 Å². The molecule has 2 aliphatic rings. The number of carbonyl (C=O) groups excluding carboxylic acids is 1. The Kier molecular flexibility index (Phi) is 5.25. The number of carbonyl (C=O) groups is 1. The van der Waals surface area contributed by atoms with Gasteiger partial charge in [0.15, 0.2) is 11.5 Å². The van der Waals surface area contributed by atoms with Gasteiger partial charge in [0.25, 0.3) is 5.91 Å². The number of hydrogen-bond acceptors (Lipinski definition) is 5. The predicted molar refractivity (Wildman–Crippen MR) is 122 cm³/mol. The van der Waals surface area contributed by atoms with E-state index in [0.29, 0.717) is 34.0 Å². The number of anilines is 2. The molecule has 0 saturated heterocycles. The second kappa shape index (κ2) is 8.36. The summed E-state index contributed by atoms with van der Waals surface area (Å²) in [6.45, 7) is 3.91. The second-order valence-electron chi connectivity index (χ2n) is 7.56. The van der Waals surface area contributed by atoms with E-state index in [1.54, 1.807) is 6.07 Å². The second-order valence-corrected chi connectivity index (χ2v) is 7.56. The van der Waals surface area contributed by atoms with E-state index in [4.69, 9.17) is 9.47 Å².